The lowest BCUT2D eigenvalue weighted by Crippen LogP contribution is -2.10. The van der Waals surface area contributed by atoms with Crippen LogP contribution >= 0.6 is 31.9 Å². The Balaban J connectivity index is 3.15. The third-order valence-electron chi connectivity index (χ3n) is 1.25. The fraction of sp³-hybridized carbons (Fsp3) is 0.143. The molecule has 0 saturated carbocycles. The molecule has 0 spiro atoms. The summed E-state index contributed by atoms with van der Waals surface area (Å²) < 4.78 is 25.7. The van der Waals surface area contributed by atoms with Gasteiger partial charge in [0.1, 0.15) is 0 Å². The Morgan fingerprint density at radius 3 is 2.08 bits per heavy atom. The zero-order valence-corrected chi connectivity index (χ0v) is 10.7. The first-order chi connectivity index (χ1) is 5.90. The highest BCUT2D eigenvalue weighted by Gasteiger charge is 2.08. The van der Waals surface area contributed by atoms with Gasteiger partial charge < -0.3 is 0 Å². The zero-order chi connectivity index (χ0) is 10.1. The lowest BCUT2D eigenvalue weighted by atomic mass is 10.3. The molecular formula is C7H7Br2NO2S. The molecule has 0 bridgehead atoms. The van der Waals surface area contributed by atoms with Gasteiger partial charge in [0.25, 0.3) is 0 Å². The average molecular weight is 329 g/mol. The zero-order valence-electron chi connectivity index (χ0n) is 6.71. The number of hydrogen-bond acceptors (Lipinski definition) is 2. The third-order valence-corrected chi connectivity index (χ3v) is 3.15. The van der Waals surface area contributed by atoms with E-state index in [4.69, 9.17) is 0 Å². The summed E-state index contributed by atoms with van der Waals surface area (Å²) in [5, 5.41) is 0. The second-order valence-electron chi connectivity index (χ2n) is 2.47. The van der Waals surface area contributed by atoms with Crippen LogP contribution in [0.5, 0.6) is 0 Å². The summed E-state index contributed by atoms with van der Waals surface area (Å²) in [6.45, 7) is 0. The summed E-state index contributed by atoms with van der Waals surface area (Å²) in [6, 6.07) is 5.33. The summed E-state index contributed by atoms with van der Waals surface area (Å²) in [7, 11) is -3.23. The first kappa shape index (κ1) is 11.0. The predicted octanol–water partition coefficient (Wildman–Crippen LogP) is 2.58. The Labute approximate surface area is 93.8 Å². The van der Waals surface area contributed by atoms with Crippen molar-refractivity contribution in [3.05, 3.63) is 27.1 Å². The largest absolute Gasteiger partial charge is 0.281 e. The quantitative estimate of drug-likeness (QED) is 0.907. The van der Waals surface area contributed by atoms with E-state index < -0.39 is 10.0 Å². The van der Waals surface area contributed by atoms with Gasteiger partial charge in [-0.15, -0.1) is 0 Å². The second-order valence-corrected chi connectivity index (χ2v) is 5.93. The van der Waals surface area contributed by atoms with Crippen LogP contribution in [0.4, 0.5) is 5.69 Å². The van der Waals surface area contributed by atoms with Crippen molar-refractivity contribution in [2.24, 2.45) is 0 Å². The SMILES string of the molecule is CS(=O)(=O)Nc1c(Br)cccc1Br. The number of rotatable bonds is 2. The summed E-state index contributed by atoms with van der Waals surface area (Å²) in [5.74, 6) is 0. The van der Waals surface area contributed by atoms with Gasteiger partial charge in [-0.05, 0) is 44.0 Å². The van der Waals surface area contributed by atoms with Gasteiger partial charge in [0.15, 0.2) is 0 Å². The molecule has 0 aliphatic rings. The van der Waals surface area contributed by atoms with Crippen molar-refractivity contribution in [3.63, 3.8) is 0 Å². The molecule has 6 heteroatoms. The molecule has 1 aromatic rings. The summed E-state index contributed by atoms with van der Waals surface area (Å²) in [4.78, 5) is 0. The molecule has 0 unspecified atom stereocenters. The first-order valence-corrected chi connectivity index (χ1v) is 6.80. The molecule has 3 nitrogen and oxygen atoms in total. The predicted molar refractivity (Wildman–Crippen MR) is 60.3 cm³/mol. The molecule has 0 fully saturated rings. The molecule has 1 N–H and O–H groups in total. The van der Waals surface area contributed by atoms with Crippen molar-refractivity contribution in [2.45, 2.75) is 0 Å². The molecule has 0 atom stereocenters. The molecule has 1 aromatic carbocycles. The maximum absolute atomic E-state index is 11.0. The first-order valence-electron chi connectivity index (χ1n) is 3.32. The number of halogens is 2. The van der Waals surface area contributed by atoms with Gasteiger partial charge in [0, 0.05) is 8.95 Å². The Bertz CT molecular complexity index is 396. The molecular weight excluding hydrogens is 322 g/mol. The van der Waals surface area contributed by atoms with E-state index >= 15 is 0 Å². The number of nitrogens with one attached hydrogen (secondary N) is 1. The van der Waals surface area contributed by atoms with E-state index in [1.165, 1.54) is 0 Å². The maximum atomic E-state index is 11.0. The minimum Gasteiger partial charge on any atom is -0.281 e. The summed E-state index contributed by atoms with van der Waals surface area (Å²) >= 11 is 6.49. The standard InChI is InChI=1S/C7H7Br2NO2S/c1-13(11,12)10-7-5(8)3-2-4-6(7)9/h2-4,10H,1H3. The molecule has 72 valence electrons. The lowest BCUT2D eigenvalue weighted by Gasteiger charge is -2.07. The fourth-order valence-corrected chi connectivity index (χ4v) is 2.83. The minimum absolute atomic E-state index is 0.519. The Kier molecular flexibility index (Phi) is 3.37. The topological polar surface area (TPSA) is 46.2 Å². The van der Waals surface area contributed by atoms with Crippen LogP contribution in [-0.2, 0) is 10.0 Å². The third kappa shape index (κ3) is 3.28. The summed E-state index contributed by atoms with van der Waals surface area (Å²) in [5.41, 5.74) is 0.519. The molecule has 0 aliphatic heterocycles. The van der Waals surface area contributed by atoms with Crippen molar-refractivity contribution in [1.29, 1.82) is 0 Å². The van der Waals surface area contributed by atoms with Crippen molar-refractivity contribution >= 4 is 47.6 Å². The molecule has 0 amide bonds. The molecule has 0 radical (unpaired) electrons. The number of anilines is 1. The van der Waals surface area contributed by atoms with Crippen LogP contribution in [0.3, 0.4) is 0 Å². The Morgan fingerprint density at radius 2 is 1.69 bits per heavy atom. The van der Waals surface area contributed by atoms with E-state index in [-0.39, 0.29) is 0 Å². The van der Waals surface area contributed by atoms with Gasteiger partial charge in [-0.25, -0.2) is 8.42 Å². The van der Waals surface area contributed by atoms with Crippen LogP contribution in [0.15, 0.2) is 27.1 Å². The minimum atomic E-state index is -3.23. The Hall–Kier alpha value is -0.0700. The number of sulfonamides is 1. The van der Waals surface area contributed by atoms with Gasteiger partial charge in [-0.1, -0.05) is 6.07 Å². The maximum Gasteiger partial charge on any atom is 0.229 e. The Morgan fingerprint density at radius 1 is 1.23 bits per heavy atom. The van der Waals surface area contributed by atoms with Gasteiger partial charge in [0.05, 0.1) is 11.9 Å². The van der Waals surface area contributed by atoms with E-state index in [1.54, 1.807) is 12.1 Å². The van der Waals surface area contributed by atoms with Gasteiger partial charge >= 0.3 is 0 Å². The highest BCUT2D eigenvalue weighted by Crippen LogP contribution is 2.30. The fourth-order valence-electron chi connectivity index (χ4n) is 0.781. The lowest BCUT2D eigenvalue weighted by molar-refractivity contribution is 0.607. The summed E-state index contributed by atoms with van der Waals surface area (Å²) in [6.07, 6.45) is 1.11. The van der Waals surface area contributed by atoms with E-state index in [9.17, 15) is 8.42 Å². The van der Waals surface area contributed by atoms with Crippen LogP contribution in [0.1, 0.15) is 0 Å². The number of hydrogen-bond donors (Lipinski definition) is 1. The van der Waals surface area contributed by atoms with Crippen molar-refractivity contribution < 1.29 is 8.42 Å². The van der Waals surface area contributed by atoms with Gasteiger partial charge in [0.2, 0.25) is 10.0 Å². The molecule has 0 heterocycles. The van der Waals surface area contributed by atoms with Crippen LogP contribution in [0.25, 0.3) is 0 Å². The normalized spacial score (nSPS) is 11.3. The number of benzene rings is 1. The van der Waals surface area contributed by atoms with Crippen LogP contribution < -0.4 is 4.72 Å². The van der Waals surface area contributed by atoms with Gasteiger partial charge in [-0.3, -0.25) is 4.72 Å². The molecule has 1 rings (SSSR count). The second kappa shape index (κ2) is 3.98. The molecule has 0 saturated heterocycles. The molecule has 0 aromatic heterocycles. The van der Waals surface area contributed by atoms with Gasteiger partial charge in [-0.2, -0.15) is 0 Å². The van der Waals surface area contributed by atoms with E-state index in [1.807, 2.05) is 6.07 Å². The van der Waals surface area contributed by atoms with Crippen molar-refractivity contribution in [1.82, 2.24) is 0 Å². The average Bonchev–Trinajstić information content (AvgIpc) is 1.95. The van der Waals surface area contributed by atoms with E-state index in [0.29, 0.717) is 14.6 Å². The van der Waals surface area contributed by atoms with Crippen molar-refractivity contribution in [2.75, 3.05) is 11.0 Å². The molecule has 13 heavy (non-hydrogen) atoms. The van der Waals surface area contributed by atoms with E-state index in [2.05, 4.69) is 36.6 Å². The number of para-hydroxylation sites is 1. The van der Waals surface area contributed by atoms with Crippen LogP contribution in [0.2, 0.25) is 0 Å². The van der Waals surface area contributed by atoms with Crippen LogP contribution in [-0.4, -0.2) is 14.7 Å². The monoisotopic (exact) mass is 327 g/mol. The smallest absolute Gasteiger partial charge is 0.229 e. The van der Waals surface area contributed by atoms with E-state index in [0.717, 1.165) is 6.26 Å². The van der Waals surface area contributed by atoms with Crippen LogP contribution in [0, 0.1) is 0 Å². The van der Waals surface area contributed by atoms with Crippen molar-refractivity contribution in [3.8, 4) is 0 Å². The highest BCUT2D eigenvalue weighted by molar-refractivity contribution is 9.11. The molecule has 0 aliphatic carbocycles. The highest BCUT2D eigenvalue weighted by atomic mass is 79.9.